The van der Waals surface area contributed by atoms with Gasteiger partial charge in [0.05, 0.1) is 15.4 Å². The molecule has 0 aliphatic heterocycles. The monoisotopic (exact) mass is 320 g/mol. The number of fused-ring (bicyclic) bond motifs is 1. The van der Waals surface area contributed by atoms with Gasteiger partial charge in [0, 0.05) is 11.8 Å². The SMILES string of the molecule is Cc1cccc(-c2nc3c(S(C)(=O)=O)cccc3[nH]2)c1Cl. The van der Waals surface area contributed by atoms with Crippen molar-refractivity contribution in [2.75, 3.05) is 6.26 Å². The normalized spacial score (nSPS) is 12.0. The highest BCUT2D eigenvalue weighted by atomic mass is 35.5. The number of para-hydroxylation sites is 1. The first-order chi connectivity index (χ1) is 9.88. The Kier molecular flexibility index (Phi) is 3.26. The number of rotatable bonds is 2. The largest absolute Gasteiger partial charge is 0.338 e. The zero-order valence-corrected chi connectivity index (χ0v) is 13.1. The van der Waals surface area contributed by atoms with E-state index in [-0.39, 0.29) is 4.90 Å². The van der Waals surface area contributed by atoms with E-state index < -0.39 is 9.84 Å². The van der Waals surface area contributed by atoms with Gasteiger partial charge in [-0.1, -0.05) is 29.8 Å². The summed E-state index contributed by atoms with van der Waals surface area (Å²) in [5.74, 6) is 0.565. The number of nitrogens with zero attached hydrogens (tertiary/aromatic N) is 1. The molecule has 0 radical (unpaired) electrons. The first-order valence-electron chi connectivity index (χ1n) is 6.32. The topological polar surface area (TPSA) is 62.8 Å². The van der Waals surface area contributed by atoms with E-state index in [0.717, 1.165) is 11.1 Å². The van der Waals surface area contributed by atoms with Crippen molar-refractivity contribution in [2.24, 2.45) is 0 Å². The number of hydrogen-bond donors (Lipinski definition) is 1. The third kappa shape index (κ3) is 2.43. The highest BCUT2D eigenvalue weighted by Gasteiger charge is 2.17. The van der Waals surface area contributed by atoms with Crippen LogP contribution >= 0.6 is 11.6 Å². The molecule has 1 aromatic heterocycles. The van der Waals surface area contributed by atoms with E-state index in [1.165, 1.54) is 6.26 Å². The van der Waals surface area contributed by atoms with E-state index in [1.54, 1.807) is 18.2 Å². The minimum Gasteiger partial charge on any atom is -0.338 e. The summed E-state index contributed by atoms with van der Waals surface area (Å²) < 4.78 is 23.7. The van der Waals surface area contributed by atoms with Gasteiger partial charge in [-0.15, -0.1) is 0 Å². The Bertz CT molecular complexity index is 945. The van der Waals surface area contributed by atoms with Crippen LogP contribution < -0.4 is 0 Å². The number of imidazole rings is 1. The molecule has 0 aliphatic carbocycles. The Morgan fingerprint density at radius 3 is 2.57 bits per heavy atom. The molecule has 0 amide bonds. The van der Waals surface area contributed by atoms with Gasteiger partial charge in [0.15, 0.2) is 9.84 Å². The average molecular weight is 321 g/mol. The summed E-state index contributed by atoms with van der Waals surface area (Å²) in [6, 6.07) is 10.7. The van der Waals surface area contributed by atoms with Crippen LogP contribution in [0.15, 0.2) is 41.3 Å². The van der Waals surface area contributed by atoms with Gasteiger partial charge in [-0.25, -0.2) is 13.4 Å². The van der Waals surface area contributed by atoms with Crippen LogP contribution in [-0.4, -0.2) is 24.6 Å². The van der Waals surface area contributed by atoms with Gasteiger partial charge in [-0.2, -0.15) is 0 Å². The molecule has 108 valence electrons. The van der Waals surface area contributed by atoms with Crippen molar-refractivity contribution in [1.82, 2.24) is 9.97 Å². The van der Waals surface area contributed by atoms with Crippen LogP contribution in [0.25, 0.3) is 22.4 Å². The van der Waals surface area contributed by atoms with Gasteiger partial charge in [0.1, 0.15) is 11.3 Å². The lowest BCUT2D eigenvalue weighted by Gasteiger charge is -2.03. The molecule has 0 unspecified atom stereocenters. The summed E-state index contributed by atoms with van der Waals surface area (Å²) in [7, 11) is -3.33. The lowest BCUT2D eigenvalue weighted by atomic mass is 10.1. The smallest absolute Gasteiger partial charge is 0.177 e. The summed E-state index contributed by atoms with van der Waals surface area (Å²) in [4.78, 5) is 7.78. The lowest BCUT2D eigenvalue weighted by Crippen LogP contribution is -1.97. The third-order valence-corrected chi connectivity index (χ3v) is 4.95. The molecule has 1 heterocycles. The fourth-order valence-electron chi connectivity index (χ4n) is 2.26. The quantitative estimate of drug-likeness (QED) is 0.784. The Morgan fingerprint density at radius 1 is 1.14 bits per heavy atom. The molecule has 0 aliphatic rings. The zero-order chi connectivity index (χ0) is 15.2. The molecule has 4 nitrogen and oxygen atoms in total. The van der Waals surface area contributed by atoms with Crippen molar-refractivity contribution in [3.05, 3.63) is 47.0 Å². The number of aryl methyl sites for hydroxylation is 1. The molecular weight excluding hydrogens is 308 g/mol. The Morgan fingerprint density at radius 2 is 1.86 bits per heavy atom. The second-order valence-corrected chi connectivity index (χ2v) is 7.31. The number of sulfone groups is 1. The van der Waals surface area contributed by atoms with Crippen LogP contribution in [0.3, 0.4) is 0 Å². The van der Waals surface area contributed by atoms with Crippen molar-refractivity contribution in [3.63, 3.8) is 0 Å². The molecular formula is C15H13ClN2O2S. The number of aromatic nitrogens is 2. The second-order valence-electron chi connectivity index (χ2n) is 4.95. The average Bonchev–Trinajstić information content (AvgIpc) is 2.84. The molecule has 0 fully saturated rings. The van der Waals surface area contributed by atoms with E-state index in [1.807, 2.05) is 25.1 Å². The van der Waals surface area contributed by atoms with Crippen LogP contribution in [0.4, 0.5) is 0 Å². The van der Waals surface area contributed by atoms with Gasteiger partial charge in [-0.05, 0) is 30.7 Å². The number of H-pyrrole nitrogens is 1. The molecule has 0 saturated heterocycles. The van der Waals surface area contributed by atoms with E-state index >= 15 is 0 Å². The van der Waals surface area contributed by atoms with E-state index in [0.29, 0.717) is 21.9 Å². The Hall–Kier alpha value is -1.85. The first kappa shape index (κ1) is 14.1. The highest BCUT2D eigenvalue weighted by Crippen LogP contribution is 2.31. The second kappa shape index (κ2) is 4.86. The molecule has 1 N–H and O–H groups in total. The number of halogens is 1. The van der Waals surface area contributed by atoms with Crippen LogP contribution in [0.2, 0.25) is 5.02 Å². The molecule has 0 saturated carbocycles. The van der Waals surface area contributed by atoms with Crippen LogP contribution in [0, 0.1) is 6.92 Å². The van der Waals surface area contributed by atoms with Crippen molar-refractivity contribution in [3.8, 4) is 11.4 Å². The number of hydrogen-bond acceptors (Lipinski definition) is 3. The van der Waals surface area contributed by atoms with Crippen molar-refractivity contribution in [2.45, 2.75) is 11.8 Å². The van der Waals surface area contributed by atoms with E-state index in [9.17, 15) is 8.42 Å². The molecule has 0 spiro atoms. The predicted molar refractivity (Wildman–Crippen MR) is 84.4 cm³/mol. The standard InChI is InChI=1S/C15H13ClN2O2S/c1-9-5-3-6-10(13(9)16)15-17-11-7-4-8-12(14(11)18-15)21(2,19)20/h3-8H,1-2H3,(H,17,18). The molecule has 6 heteroatoms. The van der Waals surface area contributed by atoms with Gasteiger partial charge < -0.3 is 4.98 Å². The summed E-state index contributed by atoms with van der Waals surface area (Å²) in [6.45, 7) is 1.91. The summed E-state index contributed by atoms with van der Waals surface area (Å²) in [5, 5.41) is 0.609. The first-order valence-corrected chi connectivity index (χ1v) is 8.59. The number of nitrogens with one attached hydrogen (secondary N) is 1. The van der Waals surface area contributed by atoms with Crippen LogP contribution in [0.1, 0.15) is 5.56 Å². The summed E-state index contributed by atoms with van der Waals surface area (Å²) in [6.07, 6.45) is 1.18. The maximum atomic E-state index is 11.8. The van der Waals surface area contributed by atoms with Gasteiger partial charge in [0.25, 0.3) is 0 Å². The molecule has 21 heavy (non-hydrogen) atoms. The maximum Gasteiger partial charge on any atom is 0.177 e. The number of aromatic amines is 1. The fourth-order valence-corrected chi connectivity index (χ4v) is 3.31. The van der Waals surface area contributed by atoms with Gasteiger partial charge in [0.2, 0.25) is 0 Å². The minimum absolute atomic E-state index is 0.214. The van der Waals surface area contributed by atoms with Crippen LogP contribution in [-0.2, 0) is 9.84 Å². The maximum absolute atomic E-state index is 11.8. The molecule has 0 bridgehead atoms. The highest BCUT2D eigenvalue weighted by molar-refractivity contribution is 7.91. The Labute approximate surface area is 127 Å². The molecule has 3 rings (SSSR count). The van der Waals surface area contributed by atoms with Gasteiger partial charge >= 0.3 is 0 Å². The van der Waals surface area contributed by atoms with Gasteiger partial charge in [-0.3, -0.25) is 0 Å². The van der Waals surface area contributed by atoms with E-state index in [4.69, 9.17) is 11.6 Å². The molecule has 2 aromatic carbocycles. The predicted octanol–water partition coefficient (Wildman–Crippen LogP) is 3.60. The lowest BCUT2D eigenvalue weighted by molar-refractivity contribution is 0.602. The number of benzene rings is 2. The minimum atomic E-state index is -3.33. The Balaban J connectivity index is 2.30. The third-order valence-electron chi connectivity index (χ3n) is 3.32. The van der Waals surface area contributed by atoms with Crippen molar-refractivity contribution < 1.29 is 8.42 Å². The summed E-state index contributed by atoms with van der Waals surface area (Å²) in [5.41, 5.74) is 2.81. The molecule has 3 aromatic rings. The zero-order valence-electron chi connectivity index (χ0n) is 11.5. The van der Waals surface area contributed by atoms with Crippen molar-refractivity contribution >= 4 is 32.5 Å². The summed E-state index contributed by atoms with van der Waals surface area (Å²) >= 11 is 6.31. The fraction of sp³-hybridized carbons (Fsp3) is 0.133. The molecule has 0 atom stereocenters. The van der Waals surface area contributed by atoms with Crippen molar-refractivity contribution in [1.29, 1.82) is 0 Å². The van der Waals surface area contributed by atoms with Crippen LogP contribution in [0.5, 0.6) is 0 Å². The van der Waals surface area contributed by atoms with E-state index in [2.05, 4.69) is 9.97 Å².